The van der Waals surface area contributed by atoms with Gasteiger partial charge in [0.05, 0.1) is 0 Å². The normalized spacial score (nSPS) is 25.0. The Kier molecular flexibility index (Phi) is 1.60. The highest BCUT2D eigenvalue weighted by Gasteiger charge is 2.45. The van der Waals surface area contributed by atoms with Crippen LogP contribution in [0.1, 0.15) is 20.3 Å². The fraction of sp³-hybridized carbons (Fsp3) is 0.455. The van der Waals surface area contributed by atoms with Crippen LogP contribution in [0.2, 0.25) is 0 Å². The molecule has 0 radical (unpaired) electrons. The van der Waals surface area contributed by atoms with Crippen molar-refractivity contribution in [2.45, 2.75) is 26.3 Å². The van der Waals surface area contributed by atoms with Gasteiger partial charge in [0.1, 0.15) is 0 Å². The maximum absolute atomic E-state index is 3.51. The van der Waals surface area contributed by atoms with Gasteiger partial charge in [-0.3, -0.25) is 0 Å². The molecular weight excluding hydrogens is 146 g/mol. The molecular formula is C11H15N. The van der Waals surface area contributed by atoms with Crippen LogP contribution in [0.4, 0.5) is 5.69 Å². The second kappa shape index (κ2) is 2.51. The van der Waals surface area contributed by atoms with E-state index in [9.17, 15) is 0 Å². The Balaban J connectivity index is 1.98. The monoisotopic (exact) mass is 161 g/mol. The van der Waals surface area contributed by atoms with Crippen LogP contribution in [0.15, 0.2) is 30.3 Å². The molecule has 1 saturated carbocycles. The minimum absolute atomic E-state index is 0.510. The molecule has 1 aliphatic carbocycles. The van der Waals surface area contributed by atoms with Crippen molar-refractivity contribution in [3.8, 4) is 0 Å². The van der Waals surface area contributed by atoms with Crippen molar-refractivity contribution in [2.24, 2.45) is 5.41 Å². The van der Waals surface area contributed by atoms with E-state index in [1.807, 2.05) is 6.07 Å². The third-order valence-corrected chi connectivity index (χ3v) is 2.63. The SMILES string of the molecule is CC1(C)CC1Nc1ccccc1. The minimum Gasteiger partial charge on any atom is -0.382 e. The third-order valence-electron chi connectivity index (χ3n) is 2.63. The second-order valence-corrected chi connectivity index (χ2v) is 4.26. The Morgan fingerprint density at radius 3 is 2.33 bits per heavy atom. The number of anilines is 1. The van der Waals surface area contributed by atoms with Gasteiger partial charge in [-0.1, -0.05) is 32.0 Å². The summed E-state index contributed by atoms with van der Waals surface area (Å²) in [5.74, 6) is 0. The van der Waals surface area contributed by atoms with Gasteiger partial charge in [-0.15, -0.1) is 0 Å². The molecule has 2 rings (SSSR count). The largest absolute Gasteiger partial charge is 0.382 e. The molecule has 0 saturated heterocycles. The maximum atomic E-state index is 3.51. The van der Waals surface area contributed by atoms with Gasteiger partial charge in [-0.25, -0.2) is 0 Å². The summed E-state index contributed by atoms with van der Waals surface area (Å²) in [6.45, 7) is 4.60. The van der Waals surface area contributed by atoms with E-state index in [4.69, 9.17) is 0 Å². The van der Waals surface area contributed by atoms with Gasteiger partial charge in [0.25, 0.3) is 0 Å². The van der Waals surface area contributed by atoms with Gasteiger partial charge in [0.2, 0.25) is 0 Å². The Morgan fingerprint density at radius 1 is 1.25 bits per heavy atom. The lowest BCUT2D eigenvalue weighted by molar-refractivity contribution is 0.630. The highest BCUT2D eigenvalue weighted by molar-refractivity contribution is 5.45. The highest BCUT2D eigenvalue weighted by Crippen LogP contribution is 2.46. The van der Waals surface area contributed by atoms with E-state index in [-0.39, 0.29) is 0 Å². The van der Waals surface area contributed by atoms with Gasteiger partial charge in [-0.05, 0) is 24.0 Å². The lowest BCUT2D eigenvalue weighted by Crippen LogP contribution is -2.07. The summed E-state index contributed by atoms with van der Waals surface area (Å²) in [7, 11) is 0. The first-order valence-electron chi connectivity index (χ1n) is 4.50. The smallest absolute Gasteiger partial charge is 0.0342 e. The quantitative estimate of drug-likeness (QED) is 0.703. The number of hydrogen-bond donors (Lipinski definition) is 1. The van der Waals surface area contributed by atoms with Crippen LogP contribution in [0.5, 0.6) is 0 Å². The average molecular weight is 161 g/mol. The summed E-state index contributed by atoms with van der Waals surface area (Å²) in [6.07, 6.45) is 1.29. The minimum atomic E-state index is 0.510. The molecule has 1 aromatic rings. The molecule has 0 aromatic heterocycles. The number of para-hydroxylation sites is 1. The Bertz CT molecular complexity index is 264. The molecule has 1 fully saturated rings. The van der Waals surface area contributed by atoms with Gasteiger partial charge >= 0.3 is 0 Å². The topological polar surface area (TPSA) is 12.0 Å². The molecule has 1 aliphatic rings. The highest BCUT2D eigenvalue weighted by atomic mass is 15.0. The van der Waals surface area contributed by atoms with Gasteiger partial charge in [-0.2, -0.15) is 0 Å². The Hall–Kier alpha value is -0.980. The number of nitrogens with one attached hydrogen (secondary N) is 1. The van der Waals surface area contributed by atoms with Crippen LogP contribution in [-0.2, 0) is 0 Å². The van der Waals surface area contributed by atoms with E-state index in [2.05, 4.69) is 43.4 Å². The summed E-state index contributed by atoms with van der Waals surface area (Å²) >= 11 is 0. The number of rotatable bonds is 2. The molecule has 1 atom stereocenters. The van der Waals surface area contributed by atoms with E-state index < -0.39 is 0 Å². The lowest BCUT2D eigenvalue weighted by atomic mass is 10.2. The van der Waals surface area contributed by atoms with Crippen molar-refractivity contribution in [3.05, 3.63) is 30.3 Å². The molecule has 0 aliphatic heterocycles. The molecule has 1 N–H and O–H groups in total. The number of benzene rings is 1. The predicted octanol–water partition coefficient (Wildman–Crippen LogP) is 2.90. The Morgan fingerprint density at radius 2 is 1.83 bits per heavy atom. The van der Waals surface area contributed by atoms with Crippen LogP contribution in [0.3, 0.4) is 0 Å². The summed E-state index contributed by atoms with van der Waals surface area (Å²) in [5.41, 5.74) is 1.75. The first kappa shape index (κ1) is 7.66. The van der Waals surface area contributed by atoms with E-state index in [0.717, 1.165) is 0 Å². The van der Waals surface area contributed by atoms with Crippen LogP contribution in [0, 0.1) is 5.41 Å². The van der Waals surface area contributed by atoms with Crippen LogP contribution in [0.25, 0.3) is 0 Å². The molecule has 1 unspecified atom stereocenters. The Labute approximate surface area is 73.8 Å². The second-order valence-electron chi connectivity index (χ2n) is 4.26. The van der Waals surface area contributed by atoms with Crippen molar-refractivity contribution in [3.63, 3.8) is 0 Å². The van der Waals surface area contributed by atoms with E-state index in [1.54, 1.807) is 0 Å². The molecule has 0 amide bonds. The fourth-order valence-electron chi connectivity index (χ4n) is 1.45. The summed E-state index contributed by atoms with van der Waals surface area (Å²) in [5, 5.41) is 3.51. The molecule has 1 heteroatoms. The van der Waals surface area contributed by atoms with Crippen molar-refractivity contribution >= 4 is 5.69 Å². The number of hydrogen-bond acceptors (Lipinski definition) is 1. The summed E-state index contributed by atoms with van der Waals surface area (Å²) in [6, 6.07) is 11.1. The molecule has 1 nitrogen and oxygen atoms in total. The maximum Gasteiger partial charge on any atom is 0.0342 e. The van der Waals surface area contributed by atoms with E-state index >= 15 is 0 Å². The first-order chi connectivity index (χ1) is 5.68. The lowest BCUT2D eigenvalue weighted by Gasteiger charge is -2.06. The summed E-state index contributed by atoms with van der Waals surface area (Å²) in [4.78, 5) is 0. The van der Waals surface area contributed by atoms with Crippen molar-refractivity contribution in [1.82, 2.24) is 0 Å². The van der Waals surface area contributed by atoms with Crippen LogP contribution in [-0.4, -0.2) is 6.04 Å². The molecule has 0 heterocycles. The zero-order valence-electron chi connectivity index (χ0n) is 7.67. The van der Waals surface area contributed by atoms with Gasteiger partial charge in [0.15, 0.2) is 0 Å². The zero-order chi connectivity index (χ0) is 8.60. The zero-order valence-corrected chi connectivity index (χ0v) is 7.67. The van der Waals surface area contributed by atoms with E-state index in [1.165, 1.54) is 12.1 Å². The third kappa shape index (κ3) is 1.45. The van der Waals surface area contributed by atoms with Gasteiger partial charge in [0, 0.05) is 11.7 Å². The van der Waals surface area contributed by atoms with Crippen LogP contribution >= 0.6 is 0 Å². The summed E-state index contributed by atoms with van der Waals surface area (Å²) < 4.78 is 0. The van der Waals surface area contributed by atoms with E-state index in [0.29, 0.717) is 11.5 Å². The average Bonchev–Trinajstić information content (AvgIpc) is 2.61. The van der Waals surface area contributed by atoms with Crippen molar-refractivity contribution in [1.29, 1.82) is 0 Å². The molecule has 12 heavy (non-hydrogen) atoms. The van der Waals surface area contributed by atoms with Crippen LogP contribution < -0.4 is 5.32 Å². The molecule has 0 bridgehead atoms. The fourth-order valence-corrected chi connectivity index (χ4v) is 1.45. The standard InChI is InChI=1S/C11H15N/c1-11(2)8-10(11)12-9-6-4-3-5-7-9/h3-7,10,12H,8H2,1-2H3. The predicted molar refractivity (Wildman–Crippen MR) is 52.3 cm³/mol. The molecule has 1 aromatic carbocycles. The first-order valence-corrected chi connectivity index (χ1v) is 4.50. The molecule has 64 valence electrons. The van der Waals surface area contributed by atoms with Crippen molar-refractivity contribution in [2.75, 3.05) is 5.32 Å². The molecule has 0 spiro atoms. The van der Waals surface area contributed by atoms with Gasteiger partial charge < -0.3 is 5.32 Å². The van der Waals surface area contributed by atoms with Crippen molar-refractivity contribution < 1.29 is 0 Å².